The molecule has 0 atom stereocenters. The predicted molar refractivity (Wildman–Crippen MR) is 25.8 cm³/mol. The van der Waals surface area contributed by atoms with E-state index in [1.165, 1.54) is 0 Å². The normalized spacial score (nSPS) is 16.0. The topological polar surface area (TPSA) is 0 Å². The van der Waals surface area contributed by atoms with Crippen LogP contribution in [-0.2, 0) is 0 Å². The Bertz CT molecular complexity index is 61.7. The van der Waals surface area contributed by atoms with Gasteiger partial charge in [-0.2, -0.15) is 0 Å². The first-order valence-electron chi connectivity index (χ1n) is 1.82. The summed E-state index contributed by atoms with van der Waals surface area (Å²) < 4.78 is 0. The van der Waals surface area contributed by atoms with E-state index in [1.807, 2.05) is 0 Å². The zero-order chi connectivity index (χ0) is 3.54. The number of hydrogen-bond donors (Lipinski definition) is 0. The van der Waals surface area contributed by atoms with Gasteiger partial charge in [-0.25, -0.2) is 0 Å². The third-order valence-electron chi connectivity index (χ3n) is 0.655. The van der Waals surface area contributed by atoms with Crippen LogP contribution in [0.1, 0.15) is 0 Å². The Morgan fingerprint density at radius 2 is 2.60 bits per heavy atom. The molecule has 0 aliphatic carbocycles. The molecule has 24 valence electrons. The first-order chi connectivity index (χ1) is 2.50. The molecule has 1 aliphatic heterocycles. The molecule has 0 amide bonds. The van der Waals surface area contributed by atoms with Crippen molar-refractivity contribution in [3.8, 4) is 0 Å². The van der Waals surface area contributed by atoms with Gasteiger partial charge in [0, 0.05) is 0 Å². The maximum atomic E-state index is 2.12. The summed E-state index contributed by atoms with van der Waals surface area (Å²) in [5.41, 5.74) is 0. The fourth-order valence-corrected chi connectivity index (χ4v) is 0.393. The predicted octanol–water partition coefficient (Wildman–Crippen LogP) is 0.481. The molecule has 0 aromatic rings. The Morgan fingerprint density at radius 1 is 1.60 bits per heavy atom. The number of allylic oxidation sites excluding steroid dienone is 2. The van der Waals surface area contributed by atoms with Crippen LogP contribution in [0.4, 0.5) is 0 Å². The van der Waals surface area contributed by atoms with Gasteiger partial charge in [-0.05, 0) is 0 Å². The Hall–Kier alpha value is -0.325. The summed E-state index contributed by atoms with van der Waals surface area (Å²) in [7, 11) is 0. The molecule has 0 radical (unpaired) electrons. The molecule has 1 aliphatic rings. The monoisotopic (exact) mass is 64.0 g/mol. The van der Waals surface area contributed by atoms with E-state index in [0.717, 1.165) is 6.32 Å². The van der Waals surface area contributed by atoms with E-state index in [0.29, 0.717) is 0 Å². The van der Waals surface area contributed by atoms with Crippen molar-refractivity contribution in [2.75, 3.05) is 0 Å². The van der Waals surface area contributed by atoms with Crippen LogP contribution in [0, 0.1) is 0 Å². The van der Waals surface area contributed by atoms with Crippen molar-refractivity contribution in [2.24, 2.45) is 0 Å². The van der Waals surface area contributed by atoms with E-state index in [-0.39, 0.29) is 0 Å². The Labute approximate surface area is 32.4 Å². The van der Waals surface area contributed by atoms with Gasteiger partial charge in [0.15, 0.2) is 0 Å². The Kier molecular flexibility index (Phi) is 0.695. The molecular formula is C4H5B. The molecule has 0 bridgehead atoms. The van der Waals surface area contributed by atoms with E-state index >= 15 is 0 Å². The molecule has 1 rings (SSSR count). The molecule has 0 aromatic heterocycles. The van der Waals surface area contributed by atoms with Crippen molar-refractivity contribution in [1.82, 2.24) is 0 Å². The first-order valence-corrected chi connectivity index (χ1v) is 1.82. The van der Waals surface area contributed by atoms with Gasteiger partial charge in [0.25, 0.3) is 0 Å². The van der Waals surface area contributed by atoms with Crippen molar-refractivity contribution >= 4 is 12.9 Å². The standard InChI is InChI=1S/C4H5B/c1-2-4-5-3-1/h1-3H,4H2. The van der Waals surface area contributed by atoms with E-state index in [4.69, 9.17) is 0 Å². The van der Waals surface area contributed by atoms with Crippen LogP contribution in [0.25, 0.3) is 0 Å². The van der Waals surface area contributed by atoms with Gasteiger partial charge in [-0.3, -0.25) is 0 Å². The molecule has 0 spiro atoms. The van der Waals surface area contributed by atoms with E-state index in [2.05, 4.69) is 25.0 Å². The van der Waals surface area contributed by atoms with E-state index in [9.17, 15) is 0 Å². The molecule has 0 nitrogen and oxygen atoms in total. The molecule has 1 heteroatoms. The first kappa shape index (κ1) is 2.89. The molecule has 0 saturated heterocycles. The summed E-state index contributed by atoms with van der Waals surface area (Å²) in [5.74, 6) is 2.06. The summed E-state index contributed by atoms with van der Waals surface area (Å²) >= 11 is 0. The fraction of sp³-hybridized carbons (Fsp3) is 0.250. The van der Waals surface area contributed by atoms with E-state index < -0.39 is 0 Å². The van der Waals surface area contributed by atoms with Gasteiger partial charge in [0.1, 0.15) is 0 Å². The summed E-state index contributed by atoms with van der Waals surface area (Å²) in [6, 6.07) is 0. The van der Waals surface area contributed by atoms with Crippen LogP contribution in [0.5, 0.6) is 0 Å². The molecule has 0 N–H and O–H groups in total. The van der Waals surface area contributed by atoms with E-state index in [1.54, 1.807) is 0 Å². The average molecular weight is 63.9 g/mol. The van der Waals surface area contributed by atoms with Crippen molar-refractivity contribution in [1.29, 1.82) is 0 Å². The van der Waals surface area contributed by atoms with Gasteiger partial charge in [0.2, 0.25) is 0 Å². The third kappa shape index (κ3) is 0.472. The van der Waals surface area contributed by atoms with Crippen molar-refractivity contribution < 1.29 is 0 Å². The van der Waals surface area contributed by atoms with Gasteiger partial charge in [-0.1, -0.05) is 0 Å². The number of rotatable bonds is 0. The van der Waals surface area contributed by atoms with Gasteiger partial charge in [-0.15, -0.1) is 0 Å². The zero-order valence-corrected chi connectivity index (χ0v) is 3.02. The molecular weight excluding hydrogens is 58.9 g/mol. The molecule has 0 saturated carbocycles. The zero-order valence-electron chi connectivity index (χ0n) is 3.02. The Balaban J connectivity index is 2.61. The summed E-state index contributed by atoms with van der Waals surface area (Å²) in [4.78, 5) is 0. The summed E-state index contributed by atoms with van der Waals surface area (Å²) in [6.45, 7) is 2.12. The second-order valence-corrected chi connectivity index (χ2v) is 1.09. The quantitative estimate of drug-likeness (QED) is 0.359. The Morgan fingerprint density at radius 3 is 2.80 bits per heavy atom. The third-order valence-corrected chi connectivity index (χ3v) is 0.655. The van der Waals surface area contributed by atoms with Gasteiger partial charge < -0.3 is 0 Å². The van der Waals surface area contributed by atoms with Crippen LogP contribution >= 0.6 is 0 Å². The van der Waals surface area contributed by atoms with Crippen LogP contribution in [-0.4, -0.2) is 12.9 Å². The second-order valence-electron chi connectivity index (χ2n) is 1.09. The summed E-state index contributed by atoms with van der Waals surface area (Å²) in [6.07, 6.45) is 5.32. The average Bonchev–Trinajstić information content (AvgIpc) is 1.76. The molecule has 0 fully saturated rings. The fourth-order valence-electron chi connectivity index (χ4n) is 0.393. The SMILES string of the molecule is B1=CC=CC1. The van der Waals surface area contributed by atoms with Crippen LogP contribution in [0.2, 0.25) is 6.32 Å². The summed E-state index contributed by atoms with van der Waals surface area (Å²) in [5, 5.41) is 0. The van der Waals surface area contributed by atoms with Crippen molar-refractivity contribution in [2.45, 2.75) is 6.32 Å². The minimum absolute atomic E-state index is 1.14. The molecule has 0 unspecified atom stereocenters. The second kappa shape index (κ2) is 1.20. The molecule has 0 aromatic carbocycles. The molecule has 1 heterocycles. The van der Waals surface area contributed by atoms with Crippen molar-refractivity contribution in [3.63, 3.8) is 0 Å². The minimum atomic E-state index is 1.14. The van der Waals surface area contributed by atoms with Crippen LogP contribution < -0.4 is 0 Å². The van der Waals surface area contributed by atoms with Crippen LogP contribution in [0.3, 0.4) is 0 Å². The van der Waals surface area contributed by atoms with Gasteiger partial charge in [0.05, 0.1) is 0 Å². The molecule has 5 heavy (non-hydrogen) atoms. The van der Waals surface area contributed by atoms with Gasteiger partial charge >= 0.3 is 31.4 Å². The number of hydrogen-bond acceptors (Lipinski definition) is 0. The van der Waals surface area contributed by atoms with Crippen molar-refractivity contribution in [3.05, 3.63) is 12.2 Å². The van der Waals surface area contributed by atoms with Crippen LogP contribution in [0.15, 0.2) is 12.2 Å². The maximum absolute atomic E-state index is 2.12.